The lowest BCUT2D eigenvalue weighted by Gasteiger charge is -2.34. The van der Waals surface area contributed by atoms with E-state index in [1.807, 2.05) is 19.1 Å². The third kappa shape index (κ3) is 3.95. The van der Waals surface area contributed by atoms with E-state index in [0.717, 1.165) is 24.7 Å². The Morgan fingerprint density at radius 2 is 2.11 bits per heavy atom. The average molecular weight is 281 g/mol. The lowest BCUT2D eigenvalue weighted by Crippen LogP contribution is -2.45. The van der Waals surface area contributed by atoms with Gasteiger partial charge in [-0.3, -0.25) is 9.69 Å². The smallest absolute Gasteiger partial charge is 0.241 e. The Morgan fingerprint density at radius 1 is 1.42 bits per heavy atom. The Hall–Kier alpha value is -1.06. The van der Waals surface area contributed by atoms with E-state index in [0.29, 0.717) is 5.02 Å². The fraction of sp³-hybridized carbons (Fsp3) is 0.533. The summed E-state index contributed by atoms with van der Waals surface area (Å²) in [5.41, 5.74) is 0.759. The second kappa shape index (κ2) is 6.40. The SMILES string of the molecule is CC1CCN([C@@H](C)C(=O)Nc2cccc(Cl)c2)CC1. The number of anilines is 1. The molecule has 1 aromatic carbocycles. The highest BCUT2D eigenvalue weighted by Gasteiger charge is 2.24. The van der Waals surface area contributed by atoms with Crippen LogP contribution in [0.25, 0.3) is 0 Å². The Labute approximate surface area is 119 Å². The minimum atomic E-state index is -0.0912. The van der Waals surface area contributed by atoms with Gasteiger partial charge < -0.3 is 5.32 Å². The molecule has 1 atom stereocenters. The molecule has 1 saturated heterocycles. The molecule has 1 N–H and O–H groups in total. The first-order chi connectivity index (χ1) is 9.06. The molecule has 1 amide bonds. The molecule has 0 bridgehead atoms. The zero-order chi connectivity index (χ0) is 13.8. The van der Waals surface area contributed by atoms with Crippen LogP contribution < -0.4 is 5.32 Å². The van der Waals surface area contributed by atoms with Crippen LogP contribution >= 0.6 is 11.6 Å². The fourth-order valence-corrected chi connectivity index (χ4v) is 2.58. The number of amides is 1. The van der Waals surface area contributed by atoms with Crippen LogP contribution in [0.5, 0.6) is 0 Å². The van der Waals surface area contributed by atoms with Crippen LogP contribution in [0.3, 0.4) is 0 Å². The van der Waals surface area contributed by atoms with Crippen molar-refractivity contribution in [3.8, 4) is 0 Å². The van der Waals surface area contributed by atoms with Gasteiger partial charge in [-0.15, -0.1) is 0 Å². The van der Waals surface area contributed by atoms with Gasteiger partial charge in [-0.05, 0) is 57.0 Å². The van der Waals surface area contributed by atoms with E-state index in [9.17, 15) is 4.79 Å². The zero-order valence-electron chi connectivity index (χ0n) is 11.5. The average Bonchev–Trinajstić information content (AvgIpc) is 2.39. The van der Waals surface area contributed by atoms with Gasteiger partial charge >= 0.3 is 0 Å². The second-order valence-corrected chi connectivity index (χ2v) is 5.83. The summed E-state index contributed by atoms with van der Waals surface area (Å²) in [7, 11) is 0. The predicted molar refractivity (Wildman–Crippen MR) is 79.5 cm³/mol. The molecule has 0 unspecified atom stereocenters. The summed E-state index contributed by atoms with van der Waals surface area (Å²) >= 11 is 5.91. The number of nitrogens with one attached hydrogen (secondary N) is 1. The number of benzene rings is 1. The number of piperidine rings is 1. The van der Waals surface area contributed by atoms with Crippen molar-refractivity contribution in [2.45, 2.75) is 32.7 Å². The molecule has 0 aliphatic carbocycles. The predicted octanol–water partition coefficient (Wildman–Crippen LogP) is 3.40. The van der Waals surface area contributed by atoms with Crippen LogP contribution in [0, 0.1) is 5.92 Å². The lowest BCUT2D eigenvalue weighted by atomic mass is 9.98. The summed E-state index contributed by atoms with van der Waals surface area (Å²) in [5, 5.41) is 3.56. The minimum absolute atomic E-state index is 0.0387. The van der Waals surface area contributed by atoms with Crippen LogP contribution in [-0.2, 0) is 4.79 Å². The van der Waals surface area contributed by atoms with E-state index < -0.39 is 0 Å². The normalized spacial score (nSPS) is 19.1. The first kappa shape index (κ1) is 14.4. The molecule has 0 aromatic heterocycles. The number of halogens is 1. The van der Waals surface area contributed by atoms with Crippen LogP contribution in [-0.4, -0.2) is 29.9 Å². The summed E-state index contributed by atoms with van der Waals surface area (Å²) in [4.78, 5) is 14.5. The summed E-state index contributed by atoms with van der Waals surface area (Å²) in [6.07, 6.45) is 2.35. The van der Waals surface area contributed by atoms with E-state index in [1.165, 1.54) is 12.8 Å². The number of likely N-dealkylation sites (tertiary alicyclic amines) is 1. The van der Waals surface area contributed by atoms with Crippen LogP contribution in [0.2, 0.25) is 5.02 Å². The van der Waals surface area contributed by atoms with Crippen molar-refractivity contribution in [2.24, 2.45) is 5.92 Å². The van der Waals surface area contributed by atoms with Gasteiger partial charge in [0.05, 0.1) is 6.04 Å². The van der Waals surface area contributed by atoms with E-state index in [2.05, 4.69) is 17.1 Å². The fourth-order valence-electron chi connectivity index (χ4n) is 2.39. The Kier molecular flexibility index (Phi) is 4.83. The largest absolute Gasteiger partial charge is 0.325 e. The Morgan fingerprint density at radius 3 is 2.74 bits per heavy atom. The van der Waals surface area contributed by atoms with Crippen LogP contribution in [0.1, 0.15) is 26.7 Å². The van der Waals surface area contributed by atoms with Gasteiger partial charge in [-0.25, -0.2) is 0 Å². The Bertz CT molecular complexity index is 442. The molecule has 104 valence electrons. The molecular weight excluding hydrogens is 260 g/mol. The second-order valence-electron chi connectivity index (χ2n) is 5.39. The van der Waals surface area contributed by atoms with Crippen molar-refractivity contribution in [1.82, 2.24) is 4.90 Å². The standard InChI is InChI=1S/C15H21ClN2O/c1-11-6-8-18(9-7-11)12(2)15(19)17-14-5-3-4-13(16)10-14/h3-5,10-12H,6-9H2,1-2H3,(H,17,19)/t12-/m0/s1. The van der Waals surface area contributed by atoms with Gasteiger partial charge in [-0.2, -0.15) is 0 Å². The van der Waals surface area contributed by atoms with Crippen molar-refractivity contribution >= 4 is 23.2 Å². The number of hydrogen-bond acceptors (Lipinski definition) is 2. The third-order valence-corrected chi connectivity index (χ3v) is 4.07. The molecule has 1 aliphatic heterocycles. The molecular formula is C15H21ClN2O. The van der Waals surface area contributed by atoms with Gasteiger partial charge in [-0.1, -0.05) is 24.6 Å². The maximum Gasteiger partial charge on any atom is 0.241 e. The van der Waals surface area contributed by atoms with Crippen molar-refractivity contribution < 1.29 is 4.79 Å². The first-order valence-electron chi connectivity index (χ1n) is 6.87. The third-order valence-electron chi connectivity index (χ3n) is 3.84. The number of rotatable bonds is 3. The zero-order valence-corrected chi connectivity index (χ0v) is 12.3. The maximum absolute atomic E-state index is 12.2. The van der Waals surface area contributed by atoms with E-state index >= 15 is 0 Å². The van der Waals surface area contributed by atoms with Crippen molar-refractivity contribution in [3.05, 3.63) is 29.3 Å². The van der Waals surface area contributed by atoms with E-state index in [4.69, 9.17) is 11.6 Å². The van der Waals surface area contributed by atoms with E-state index in [1.54, 1.807) is 12.1 Å². The van der Waals surface area contributed by atoms with Crippen LogP contribution in [0.4, 0.5) is 5.69 Å². The van der Waals surface area contributed by atoms with Crippen molar-refractivity contribution in [1.29, 1.82) is 0 Å². The molecule has 0 spiro atoms. The van der Waals surface area contributed by atoms with Gasteiger partial charge in [0.15, 0.2) is 0 Å². The summed E-state index contributed by atoms with van der Waals surface area (Å²) in [5.74, 6) is 0.816. The molecule has 2 rings (SSSR count). The maximum atomic E-state index is 12.2. The lowest BCUT2D eigenvalue weighted by molar-refractivity contribution is -0.121. The molecule has 1 fully saturated rings. The molecule has 1 aliphatic rings. The summed E-state index contributed by atoms with van der Waals surface area (Å²) in [6.45, 7) is 6.25. The molecule has 3 nitrogen and oxygen atoms in total. The highest BCUT2D eigenvalue weighted by atomic mass is 35.5. The first-order valence-corrected chi connectivity index (χ1v) is 7.24. The molecule has 1 aromatic rings. The topological polar surface area (TPSA) is 32.3 Å². The van der Waals surface area contributed by atoms with Gasteiger partial charge in [0.25, 0.3) is 0 Å². The molecule has 0 saturated carbocycles. The van der Waals surface area contributed by atoms with Crippen molar-refractivity contribution in [2.75, 3.05) is 18.4 Å². The molecule has 19 heavy (non-hydrogen) atoms. The molecule has 0 radical (unpaired) electrons. The van der Waals surface area contributed by atoms with Crippen molar-refractivity contribution in [3.63, 3.8) is 0 Å². The monoisotopic (exact) mass is 280 g/mol. The highest BCUT2D eigenvalue weighted by Crippen LogP contribution is 2.19. The van der Waals surface area contributed by atoms with Gasteiger partial charge in [0, 0.05) is 10.7 Å². The van der Waals surface area contributed by atoms with Crippen LogP contribution in [0.15, 0.2) is 24.3 Å². The molecule has 1 heterocycles. The summed E-state index contributed by atoms with van der Waals surface area (Å²) in [6, 6.07) is 7.17. The molecule has 4 heteroatoms. The number of nitrogens with zero attached hydrogens (tertiary/aromatic N) is 1. The number of carbonyl (C=O) groups is 1. The van der Waals surface area contributed by atoms with E-state index in [-0.39, 0.29) is 11.9 Å². The Balaban J connectivity index is 1.92. The van der Waals surface area contributed by atoms with Gasteiger partial charge in [0.2, 0.25) is 5.91 Å². The quantitative estimate of drug-likeness (QED) is 0.920. The van der Waals surface area contributed by atoms with Gasteiger partial charge in [0.1, 0.15) is 0 Å². The number of carbonyl (C=O) groups excluding carboxylic acids is 1. The highest BCUT2D eigenvalue weighted by molar-refractivity contribution is 6.30. The minimum Gasteiger partial charge on any atom is -0.325 e. The number of hydrogen-bond donors (Lipinski definition) is 1. The summed E-state index contributed by atoms with van der Waals surface area (Å²) < 4.78 is 0.